The minimum absolute atomic E-state index is 0.495. The summed E-state index contributed by atoms with van der Waals surface area (Å²) in [6, 6.07) is 0. The summed E-state index contributed by atoms with van der Waals surface area (Å²) in [4.78, 5) is 2.13. The van der Waals surface area contributed by atoms with E-state index in [2.05, 4.69) is 22.5 Å². The van der Waals surface area contributed by atoms with Gasteiger partial charge in [-0.05, 0) is 38.4 Å². The molecule has 0 amide bonds. The summed E-state index contributed by atoms with van der Waals surface area (Å²) in [5.41, 5.74) is 0. The average molecular weight is 153 g/mol. The second kappa shape index (κ2) is 3.26. The molecule has 1 N–H and O–H groups in total. The Labute approximate surface area is 69.7 Å². The van der Waals surface area contributed by atoms with Crippen LogP contribution in [0.15, 0.2) is 12.3 Å². The quantitative estimate of drug-likeness (QED) is 0.564. The van der Waals surface area contributed by atoms with Crippen molar-refractivity contribution in [3.05, 3.63) is 12.3 Å². The molecule has 0 aromatic carbocycles. The fraction of sp³-hybridized carbons (Fsp3) is 0.778. The molecule has 2 aliphatic rings. The Morgan fingerprint density at radius 1 is 1.55 bits per heavy atom. The van der Waals surface area contributed by atoms with Crippen LogP contribution in [-0.4, -0.2) is 24.1 Å². The van der Waals surface area contributed by atoms with E-state index in [0.29, 0.717) is 0 Å². The van der Waals surface area contributed by atoms with Gasteiger partial charge in [0.15, 0.2) is 0 Å². The van der Waals surface area contributed by atoms with Crippen molar-refractivity contribution in [2.45, 2.75) is 31.8 Å². The Bertz CT molecular complexity index is 193. The molecular formula is C9H16N2. The SMILES string of the molecule is [2H]C12CCCC=CN1CCCN2. The summed E-state index contributed by atoms with van der Waals surface area (Å²) < 4.78 is 8.18. The van der Waals surface area contributed by atoms with Crippen molar-refractivity contribution in [3.8, 4) is 0 Å². The zero-order valence-electron chi connectivity index (χ0n) is 7.84. The second-order valence-electron chi connectivity index (χ2n) is 3.20. The number of fused-ring (bicyclic) bond motifs is 1. The van der Waals surface area contributed by atoms with E-state index in [1.54, 1.807) is 0 Å². The first kappa shape index (κ1) is 6.06. The highest BCUT2D eigenvalue weighted by Crippen LogP contribution is 2.15. The summed E-state index contributed by atoms with van der Waals surface area (Å²) in [5.74, 6) is 0. The van der Waals surface area contributed by atoms with E-state index in [4.69, 9.17) is 1.37 Å². The van der Waals surface area contributed by atoms with E-state index >= 15 is 0 Å². The third kappa shape index (κ3) is 1.56. The molecule has 11 heavy (non-hydrogen) atoms. The molecule has 1 unspecified atom stereocenters. The zero-order valence-corrected chi connectivity index (χ0v) is 6.84. The van der Waals surface area contributed by atoms with E-state index < -0.39 is 6.14 Å². The molecule has 0 spiro atoms. The van der Waals surface area contributed by atoms with Crippen molar-refractivity contribution in [1.82, 2.24) is 10.2 Å². The Kier molecular flexibility index (Phi) is 1.80. The van der Waals surface area contributed by atoms with Gasteiger partial charge in [-0.3, -0.25) is 5.32 Å². The van der Waals surface area contributed by atoms with Crippen LogP contribution < -0.4 is 5.32 Å². The maximum absolute atomic E-state index is 8.18. The molecule has 0 bridgehead atoms. The first-order valence-corrected chi connectivity index (χ1v) is 4.50. The van der Waals surface area contributed by atoms with Crippen LogP contribution >= 0.6 is 0 Å². The van der Waals surface area contributed by atoms with Crippen molar-refractivity contribution < 1.29 is 1.37 Å². The van der Waals surface area contributed by atoms with Gasteiger partial charge in [0, 0.05) is 6.54 Å². The zero-order chi connectivity index (χ0) is 8.44. The molecule has 0 aromatic heterocycles. The molecule has 2 rings (SSSR count). The smallest absolute Gasteiger partial charge is 0.0790 e. The van der Waals surface area contributed by atoms with Crippen LogP contribution in [0.4, 0.5) is 0 Å². The lowest BCUT2D eigenvalue weighted by Gasteiger charge is -2.34. The summed E-state index contributed by atoms with van der Waals surface area (Å²) >= 11 is 0. The number of allylic oxidation sites excluding steroid dienone is 1. The van der Waals surface area contributed by atoms with Crippen molar-refractivity contribution >= 4 is 0 Å². The lowest BCUT2D eigenvalue weighted by atomic mass is 10.2. The van der Waals surface area contributed by atoms with Crippen LogP contribution in [0.2, 0.25) is 0 Å². The molecule has 2 aliphatic heterocycles. The van der Waals surface area contributed by atoms with Gasteiger partial charge < -0.3 is 4.90 Å². The van der Waals surface area contributed by atoms with Crippen LogP contribution in [0.1, 0.15) is 27.1 Å². The Morgan fingerprint density at radius 2 is 2.55 bits per heavy atom. The maximum Gasteiger partial charge on any atom is 0.0790 e. The monoisotopic (exact) mass is 153 g/mol. The van der Waals surface area contributed by atoms with Crippen molar-refractivity contribution in [3.63, 3.8) is 0 Å². The summed E-state index contributed by atoms with van der Waals surface area (Å²) in [6.07, 6.45) is 8.13. The Hall–Kier alpha value is -0.500. The number of nitrogens with one attached hydrogen (secondary N) is 1. The third-order valence-electron chi connectivity index (χ3n) is 2.32. The van der Waals surface area contributed by atoms with Gasteiger partial charge >= 0.3 is 0 Å². The van der Waals surface area contributed by atoms with E-state index in [1.165, 1.54) is 0 Å². The van der Waals surface area contributed by atoms with Gasteiger partial charge in [-0.15, -0.1) is 0 Å². The highest BCUT2D eigenvalue weighted by molar-refractivity contribution is 4.91. The number of rotatable bonds is 0. The maximum atomic E-state index is 8.18. The minimum Gasteiger partial charge on any atom is -0.362 e. The average Bonchev–Trinajstić information content (AvgIpc) is 2.25. The third-order valence-corrected chi connectivity index (χ3v) is 2.32. The normalized spacial score (nSPS) is 39.3. The molecule has 2 heteroatoms. The molecule has 0 aliphatic carbocycles. The topological polar surface area (TPSA) is 15.3 Å². The van der Waals surface area contributed by atoms with Crippen LogP contribution in [0, 0.1) is 0 Å². The minimum atomic E-state index is -0.495. The van der Waals surface area contributed by atoms with Gasteiger partial charge in [0.1, 0.15) is 0 Å². The Morgan fingerprint density at radius 3 is 3.55 bits per heavy atom. The molecule has 0 radical (unpaired) electrons. The predicted octanol–water partition coefficient (Wildman–Crippen LogP) is 1.31. The van der Waals surface area contributed by atoms with E-state index in [0.717, 1.165) is 38.8 Å². The lowest BCUT2D eigenvalue weighted by molar-refractivity contribution is 0.184. The van der Waals surface area contributed by atoms with Crippen LogP contribution in [-0.2, 0) is 0 Å². The number of hydrogen-bond acceptors (Lipinski definition) is 2. The van der Waals surface area contributed by atoms with Crippen LogP contribution in [0.3, 0.4) is 0 Å². The molecule has 1 fully saturated rings. The standard InChI is InChI=1S/C9H16N2/c1-2-5-9-10-6-4-8-11(9)7-3-1/h3,7,9-10H,1-2,4-6,8H2/i9D. The van der Waals surface area contributed by atoms with Gasteiger partial charge in [-0.25, -0.2) is 0 Å². The molecular weight excluding hydrogens is 136 g/mol. The Balaban J connectivity index is 2.15. The molecule has 62 valence electrons. The molecule has 2 heterocycles. The fourth-order valence-corrected chi connectivity index (χ4v) is 1.70. The molecule has 1 saturated heterocycles. The molecule has 0 saturated carbocycles. The van der Waals surface area contributed by atoms with Gasteiger partial charge in [-0.1, -0.05) is 6.08 Å². The highest BCUT2D eigenvalue weighted by atomic mass is 15.3. The van der Waals surface area contributed by atoms with Gasteiger partial charge in [0.25, 0.3) is 0 Å². The van der Waals surface area contributed by atoms with Gasteiger partial charge in [0.05, 0.1) is 7.51 Å². The van der Waals surface area contributed by atoms with Crippen molar-refractivity contribution in [2.24, 2.45) is 0 Å². The van der Waals surface area contributed by atoms with Gasteiger partial charge in [0.2, 0.25) is 0 Å². The second-order valence-corrected chi connectivity index (χ2v) is 3.20. The first-order valence-electron chi connectivity index (χ1n) is 5.00. The highest BCUT2D eigenvalue weighted by Gasteiger charge is 2.19. The van der Waals surface area contributed by atoms with Crippen LogP contribution in [0.5, 0.6) is 0 Å². The summed E-state index contributed by atoms with van der Waals surface area (Å²) in [5, 5.41) is 3.28. The fourth-order valence-electron chi connectivity index (χ4n) is 1.70. The summed E-state index contributed by atoms with van der Waals surface area (Å²) in [7, 11) is 0. The van der Waals surface area contributed by atoms with Crippen LogP contribution in [0.25, 0.3) is 0 Å². The van der Waals surface area contributed by atoms with E-state index in [9.17, 15) is 0 Å². The molecule has 2 nitrogen and oxygen atoms in total. The van der Waals surface area contributed by atoms with Crippen molar-refractivity contribution in [1.29, 1.82) is 0 Å². The summed E-state index contributed by atoms with van der Waals surface area (Å²) in [6.45, 7) is 2.03. The largest absolute Gasteiger partial charge is 0.362 e. The lowest BCUT2D eigenvalue weighted by Crippen LogP contribution is -2.48. The molecule has 1 atom stereocenters. The van der Waals surface area contributed by atoms with Crippen molar-refractivity contribution in [2.75, 3.05) is 13.1 Å². The first-order chi connectivity index (χ1) is 5.81. The van der Waals surface area contributed by atoms with Gasteiger partial charge in [-0.2, -0.15) is 0 Å². The number of hydrogen-bond donors (Lipinski definition) is 1. The predicted molar refractivity (Wildman–Crippen MR) is 46.1 cm³/mol. The molecule has 0 aromatic rings. The number of nitrogens with zero attached hydrogens (tertiary/aromatic N) is 1. The van der Waals surface area contributed by atoms with E-state index in [1.807, 2.05) is 0 Å². The van der Waals surface area contributed by atoms with E-state index in [-0.39, 0.29) is 0 Å².